The highest BCUT2D eigenvalue weighted by molar-refractivity contribution is 5.94. The van der Waals surface area contributed by atoms with Crippen LogP contribution in [-0.2, 0) is 4.79 Å². The Morgan fingerprint density at radius 2 is 1.38 bits per heavy atom. The molecule has 4 rings (SSSR count). The van der Waals surface area contributed by atoms with Crippen LogP contribution < -0.4 is 4.74 Å². The quantitative estimate of drug-likeness (QED) is 0.144. The lowest BCUT2D eigenvalue weighted by atomic mass is 10.1. The predicted octanol–water partition coefficient (Wildman–Crippen LogP) is 6.47. The molecule has 0 bridgehead atoms. The second kappa shape index (κ2) is 7.94. The van der Waals surface area contributed by atoms with Crippen molar-refractivity contribution in [3.8, 4) is 5.75 Å². The van der Waals surface area contributed by atoms with Gasteiger partial charge in [-0.1, -0.05) is 72.8 Å². The molecule has 0 fully saturated rings. The summed E-state index contributed by atoms with van der Waals surface area (Å²) in [6, 6.07) is 26.4. The first-order chi connectivity index (χ1) is 14.1. The Morgan fingerprint density at radius 3 is 2.14 bits per heavy atom. The van der Waals surface area contributed by atoms with Crippen molar-refractivity contribution in [2.45, 2.75) is 6.92 Å². The van der Waals surface area contributed by atoms with Gasteiger partial charge in [-0.25, -0.2) is 4.79 Å². The van der Waals surface area contributed by atoms with Crippen LogP contribution in [-0.4, -0.2) is 11.1 Å². The molecule has 4 aromatic carbocycles. The number of esters is 1. The first-order valence-electron chi connectivity index (χ1n) is 9.13. The highest BCUT2D eigenvalue weighted by Gasteiger charge is 2.16. The minimum atomic E-state index is -0.879. The molecule has 0 saturated heterocycles. The Bertz CT molecular complexity index is 1260. The number of fused-ring (bicyclic) bond motifs is 2. The van der Waals surface area contributed by atoms with E-state index in [0.29, 0.717) is 11.4 Å². The molecule has 5 heteroatoms. The highest BCUT2D eigenvalue weighted by atomic mass is 16.5. The van der Waals surface area contributed by atoms with Crippen molar-refractivity contribution in [2.75, 3.05) is 0 Å². The van der Waals surface area contributed by atoms with Crippen molar-refractivity contribution in [2.24, 2.45) is 10.2 Å². The Labute approximate surface area is 167 Å². The third-order valence-electron chi connectivity index (χ3n) is 4.56. The van der Waals surface area contributed by atoms with Crippen LogP contribution in [0.5, 0.6) is 5.75 Å². The molecule has 0 aliphatic heterocycles. The lowest BCUT2D eigenvalue weighted by Gasteiger charge is -2.07. The van der Waals surface area contributed by atoms with Crippen LogP contribution in [0.3, 0.4) is 0 Å². The zero-order valence-electron chi connectivity index (χ0n) is 15.7. The molecule has 0 aliphatic rings. The van der Waals surface area contributed by atoms with Crippen LogP contribution in [0.1, 0.15) is 6.92 Å². The summed E-state index contributed by atoms with van der Waals surface area (Å²) in [5.74, 6) is -1.09. The van der Waals surface area contributed by atoms with E-state index < -0.39 is 11.7 Å². The van der Waals surface area contributed by atoms with Gasteiger partial charge in [0.1, 0.15) is 11.4 Å². The number of hydrogen-bond acceptors (Lipinski definition) is 5. The number of allylic oxidation sites excluding steroid dienone is 1. The normalized spacial score (nSPS) is 12.3. The molecule has 4 aromatic rings. The van der Waals surface area contributed by atoms with E-state index in [9.17, 15) is 9.90 Å². The summed E-state index contributed by atoms with van der Waals surface area (Å²) in [6.07, 6.45) is 0. The van der Waals surface area contributed by atoms with Crippen molar-refractivity contribution in [1.29, 1.82) is 0 Å². The number of aliphatic hydroxyl groups excluding tert-OH is 1. The Kier molecular flexibility index (Phi) is 5.03. The predicted molar refractivity (Wildman–Crippen MR) is 113 cm³/mol. The van der Waals surface area contributed by atoms with Crippen molar-refractivity contribution in [1.82, 2.24) is 0 Å². The van der Waals surface area contributed by atoms with Gasteiger partial charge in [-0.2, -0.15) is 10.2 Å². The summed E-state index contributed by atoms with van der Waals surface area (Å²) in [5, 5.41) is 22.2. The molecule has 0 saturated carbocycles. The molecule has 0 heterocycles. The summed E-state index contributed by atoms with van der Waals surface area (Å²) in [6.45, 7) is 1.51. The molecule has 142 valence electrons. The van der Waals surface area contributed by atoms with E-state index in [4.69, 9.17) is 4.74 Å². The van der Waals surface area contributed by atoms with E-state index in [2.05, 4.69) is 10.2 Å². The number of azo groups is 1. The van der Waals surface area contributed by atoms with Crippen molar-refractivity contribution < 1.29 is 14.6 Å². The molecule has 0 aromatic heterocycles. The van der Waals surface area contributed by atoms with Gasteiger partial charge in [0.25, 0.3) is 0 Å². The second-order valence-electron chi connectivity index (χ2n) is 6.50. The summed E-state index contributed by atoms with van der Waals surface area (Å²) in [5.41, 5.74) is 0.723. The van der Waals surface area contributed by atoms with Gasteiger partial charge >= 0.3 is 5.97 Å². The summed E-state index contributed by atoms with van der Waals surface area (Å²) in [7, 11) is 0. The maximum Gasteiger partial charge on any atom is 0.380 e. The summed E-state index contributed by atoms with van der Waals surface area (Å²) < 4.78 is 5.38. The number of rotatable bonds is 4. The number of carbonyl (C=O) groups excluding carboxylic acids is 1. The van der Waals surface area contributed by atoms with E-state index >= 15 is 0 Å². The van der Waals surface area contributed by atoms with Crippen molar-refractivity contribution in [3.63, 3.8) is 0 Å². The van der Waals surface area contributed by atoms with E-state index in [0.717, 1.165) is 21.5 Å². The lowest BCUT2D eigenvalue weighted by molar-refractivity contribution is -0.133. The highest BCUT2D eigenvalue weighted by Crippen LogP contribution is 2.28. The fourth-order valence-corrected chi connectivity index (χ4v) is 3.05. The van der Waals surface area contributed by atoms with E-state index in [1.807, 2.05) is 72.8 Å². The van der Waals surface area contributed by atoms with Crippen LogP contribution in [0.4, 0.5) is 5.69 Å². The van der Waals surface area contributed by atoms with Gasteiger partial charge < -0.3 is 9.84 Å². The molecule has 5 nitrogen and oxygen atoms in total. The van der Waals surface area contributed by atoms with Crippen molar-refractivity contribution >= 4 is 33.2 Å². The smallest absolute Gasteiger partial charge is 0.380 e. The molecule has 1 N–H and O–H groups in total. The zero-order valence-corrected chi connectivity index (χ0v) is 15.7. The fraction of sp³-hybridized carbons (Fsp3) is 0.0417. The molecule has 0 atom stereocenters. The molecule has 0 aliphatic carbocycles. The van der Waals surface area contributed by atoms with Gasteiger partial charge in [0.15, 0.2) is 0 Å². The van der Waals surface area contributed by atoms with Crippen LogP contribution in [0.15, 0.2) is 107 Å². The van der Waals surface area contributed by atoms with Crippen LogP contribution in [0, 0.1) is 0 Å². The van der Waals surface area contributed by atoms with Gasteiger partial charge in [0.05, 0.1) is 5.69 Å². The molecule has 0 spiro atoms. The average molecular weight is 382 g/mol. The summed E-state index contributed by atoms with van der Waals surface area (Å²) in [4.78, 5) is 12.4. The number of benzene rings is 4. The lowest BCUT2D eigenvalue weighted by Crippen LogP contribution is -2.12. The minimum absolute atomic E-state index is 0.0724. The first-order valence-corrected chi connectivity index (χ1v) is 9.13. The Balaban J connectivity index is 1.59. The summed E-state index contributed by atoms with van der Waals surface area (Å²) >= 11 is 0. The van der Waals surface area contributed by atoms with Crippen LogP contribution in [0.2, 0.25) is 0 Å². The number of nitrogens with zero attached hydrogens (tertiary/aromatic N) is 2. The monoisotopic (exact) mass is 382 g/mol. The van der Waals surface area contributed by atoms with E-state index in [-0.39, 0.29) is 5.70 Å². The number of ether oxygens (including phenoxy) is 1. The fourth-order valence-electron chi connectivity index (χ4n) is 3.05. The van der Waals surface area contributed by atoms with E-state index in [1.54, 1.807) is 12.1 Å². The molecular formula is C24H18N2O3. The Hall–Kier alpha value is -3.99. The molecule has 0 amide bonds. The molecule has 29 heavy (non-hydrogen) atoms. The topological polar surface area (TPSA) is 71.2 Å². The van der Waals surface area contributed by atoms with Gasteiger partial charge in [0, 0.05) is 10.8 Å². The van der Waals surface area contributed by atoms with Gasteiger partial charge in [-0.3, -0.25) is 0 Å². The standard InChI is InChI=1S/C24H18N2O3/c1-16(25-26-21-14-6-10-17-8-2-4-12-19(17)21)23(27)24(28)29-22-15-7-11-18-9-3-5-13-20(18)22/h2-15,27H,1H3. The minimum Gasteiger partial charge on any atom is -0.501 e. The molecular weight excluding hydrogens is 364 g/mol. The largest absolute Gasteiger partial charge is 0.501 e. The Morgan fingerprint density at radius 1 is 0.793 bits per heavy atom. The van der Waals surface area contributed by atoms with Gasteiger partial charge in [-0.05, 0) is 29.8 Å². The molecule has 0 radical (unpaired) electrons. The maximum atomic E-state index is 12.4. The third-order valence-corrected chi connectivity index (χ3v) is 4.56. The van der Waals surface area contributed by atoms with Crippen molar-refractivity contribution in [3.05, 3.63) is 96.4 Å². The average Bonchev–Trinajstić information content (AvgIpc) is 2.77. The van der Waals surface area contributed by atoms with Crippen LogP contribution in [0.25, 0.3) is 21.5 Å². The SMILES string of the molecule is CC(N=Nc1cccc2ccccc12)=C(O)C(=O)Oc1cccc2ccccc12. The zero-order chi connectivity index (χ0) is 20.2. The van der Waals surface area contributed by atoms with Gasteiger partial charge in [-0.15, -0.1) is 0 Å². The number of aliphatic hydroxyl groups is 1. The van der Waals surface area contributed by atoms with Crippen LogP contribution >= 0.6 is 0 Å². The second-order valence-corrected chi connectivity index (χ2v) is 6.50. The maximum absolute atomic E-state index is 12.4. The van der Waals surface area contributed by atoms with Gasteiger partial charge in [0.2, 0.25) is 5.76 Å². The third kappa shape index (κ3) is 3.84. The number of carbonyl (C=O) groups is 1. The first kappa shape index (κ1) is 18.4. The number of hydrogen-bond donors (Lipinski definition) is 1. The van der Waals surface area contributed by atoms with E-state index in [1.165, 1.54) is 6.92 Å². The molecule has 0 unspecified atom stereocenters.